The minimum Gasteiger partial charge on any atom is -0.384 e. The monoisotopic (exact) mass is 205 g/mol. The minimum absolute atomic E-state index is 0.540. The molecule has 1 unspecified atom stereocenters. The number of likely N-dealkylation sites (tertiary alicyclic amines) is 1. The van der Waals surface area contributed by atoms with Crippen LogP contribution in [0.3, 0.4) is 0 Å². The van der Waals surface area contributed by atoms with Crippen molar-refractivity contribution in [2.24, 2.45) is 0 Å². The molecule has 82 valence electrons. The normalized spacial score (nSPS) is 22.5. The third kappa shape index (κ3) is 2.12. The lowest BCUT2D eigenvalue weighted by molar-refractivity contribution is 0.205. The van der Waals surface area contributed by atoms with Crippen molar-refractivity contribution >= 4 is 5.82 Å². The highest BCUT2D eigenvalue weighted by Crippen LogP contribution is 2.33. The van der Waals surface area contributed by atoms with E-state index in [4.69, 9.17) is 5.73 Å². The summed E-state index contributed by atoms with van der Waals surface area (Å²) in [5.74, 6) is 0.604. The van der Waals surface area contributed by atoms with Crippen LogP contribution in [-0.2, 0) is 0 Å². The Balaban J connectivity index is 2.19. The molecule has 1 aliphatic rings. The van der Waals surface area contributed by atoms with Crippen molar-refractivity contribution in [3.63, 3.8) is 0 Å². The Morgan fingerprint density at radius 3 is 2.87 bits per heavy atom. The number of nitrogens with two attached hydrogens (primary N) is 1. The number of hydrogen-bond acceptors (Lipinski definition) is 3. The van der Waals surface area contributed by atoms with E-state index in [1.54, 1.807) is 0 Å². The summed E-state index contributed by atoms with van der Waals surface area (Å²) in [6.45, 7) is 5.71. The van der Waals surface area contributed by atoms with Gasteiger partial charge in [-0.25, -0.2) is 4.98 Å². The molecule has 0 amide bonds. The Kier molecular flexibility index (Phi) is 2.91. The summed E-state index contributed by atoms with van der Waals surface area (Å²) in [6.07, 6.45) is 4.44. The maximum Gasteiger partial charge on any atom is 0.123 e. The quantitative estimate of drug-likeness (QED) is 0.805. The summed E-state index contributed by atoms with van der Waals surface area (Å²) in [5.41, 5.74) is 6.90. The van der Waals surface area contributed by atoms with E-state index in [9.17, 15) is 0 Å². The molecule has 0 radical (unpaired) electrons. The maximum atomic E-state index is 5.60. The zero-order chi connectivity index (χ0) is 10.8. The highest BCUT2D eigenvalue weighted by Gasteiger charge is 2.27. The van der Waals surface area contributed by atoms with E-state index in [-0.39, 0.29) is 0 Å². The number of nitrogen functional groups attached to an aromatic ring is 1. The summed E-state index contributed by atoms with van der Waals surface area (Å²) in [5, 5.41) is 0. The number of pyridine rings is 1. The predicted octanol–water partition coefficient (Wildman–Crippen LogP) is 2.21. The van der Waals surface area contributed by atoms with Crippen molar-refractivity contribution in [1.29, 1.82) is 0 Å². The molecule has 1 aliphatic heterocycles. The van der Waals surface area contributed by atoms with Gasteiger partial charge in [0.1, 0.15) is 5.82 Å². The highest BCUT2D eigenvalue weighted by atomic mass is 15.2. The zero-order valence-corrected chi connectivity index (χ0v) is 9.48. The fourth-order valence-corrected chi connectivity index (χ4v) is 2.38. The van der Waals surface area contributed by atoms with E-state index >= 15 is 0 Å². The van der Waals surface area contributed by atoms with Crippen LogP contribution < -0.4 is 5.73 Å². The van der Waals surface area contributed by atoms with Crippen molar-refractivity contribution in [2.75, 3.05) is 12.3 Å². The van der Waals surface area contributed by atoms with E-state index in [1.807, 2.05) is 12.3 Å². The Labute approximate surface area is 91.3 Å². The molecule has 0 spiro atoms. The van der Waals surface area contributed by atoms with Crippen LogP contribution in [-0.4, -0.2) is 22.5 Å². The van der Waals surface area contributed by atoms with Gasteiger partial charge in [0.05, 0.1) is 0 Å². The minimum atomic E-state index is 0.540. The van der Waals surface area contributed by atoms with E-state index in [2.05, 4.69) is 29.8 Å². The Morgan fingerprint density at radius 1 is 1.47 bits per heavy atom. The number of rotatable bonds is 2. The van der Waals surface area contributed by atoms with Crippen molar-refractivity contribution in [1.82, 2.24) is 9.88 Å². The summed E-state index contributed by atoms with van der Waals surface area (Å²) in [7, 11) is 0. The zero-order valence-electron chi connectivity index (χ0n) is 9.48. The average molecular weight is 205 g/mol. The molecule has 0 aliphatic carbocycles. The fourth-order valence-electron chi connectivity index (χ4n) is 2.38. The van der Waals surface area contributed by atoms with Crippen LogP contribution in [0.1, 0.15) is 38.3 Å². The van der Waals surface area contributed by atoms with E-state index < -0.39 is 0 Å². The predicted molar refractivity (Wildman–Crippen MR) is 62.5 cm³/mol. The third-order valence-electron chi connectivity index (χ3n) is 3.15. The van der Waals surface area contributed by atoms with Crippen molar-refractivity contribution in [3.05, 3.63) is 23.9 Å². The van der Waals surface area contributed by atoms with E-state index in [0.29, 0.717) is 17.9 Å². The first-order valence-corrected chi connectivity index (χ1v) is 5.65. The SMILES string of the molecule is CC(C)N1CCCC1c1ccc(N)nc1. The molecule has 0 saturated carbocycles. The van der Waals surface area contributed by atoms with Crippen LogP contribution in [0.2, 0.25) is 0 Å². The Bertz CT molecular complexity index is 318. The van der Waals surface area contributed by atoms with Gasteiger partial charge in [0.2, 0.25) is 0 Å². The molecular formula is C12H19N3. The first-order valence-electron chi connectivity index (χ1n) is 5.65. The molecule has 1 fully saturated rings. The Morgan fingerprint density at radius 2 is 2.27 bits per heavy atom. The van der Waals surface area contributed by atoms with Gasteiger partial charge in [0, 0.05) is 18.3 Å². The summed E-state index contributed by atoms with van der Waals surface area (Å²) in [4.78, 5) is 6.70. The van der Waals surface area contributed by atoms with Crippen LogP contribution in [0, 0.1) is 0 Å². The van der Waals surface area contributed by atoms with Gasteiger partial charge in [-0.05, 0) is 44.9 Å². The molecule has 0 aromatic carbocycles. The molecule has 1 aromatic heterocycles. The standard InChI is InChI=1S/C12H19N3/c1-9(2)15-7-3-4-11(15)10-5-6-12(13)14-8-10/h5-6,8-9,11H,3-4,7H2,1-2H3,(H2,13,14). The van der Waals surface area contributed by atoms with Gasteiger partial charge < -0.3 is 5.73 Å². The van der Waals surface area contributed by atoms with Gasteiger partial charge >= 0.3 is 0 Å². The van der Waals surface area contributed by atoms with Gasteiger partial charge in [-0.15, -0.1) is 0 Å². The molecule has 0 bridgehead atoms. The average Bonchev–Trinajstić information content (AvgIpc) is 2.67. The molecule has 1 atom stereocenters. The smallest absolute Gasteiger partial charge is 0.123 e. The lowest BCUT2D eigenvalue weighted by Crippen LogP contribution is -2.30. The molecule has 1 saturated heterocycles. The van der Waals surface area contributed by atoms with E-state index in [0.717, 1.165) is 0 Å². The molecule has 3 nitrogen and oxygen atoms in total. The van der Waals surface area contributed by atoms with Crippen LogP contribution in [0.25, 0.3) is 0 Å². The largest absolute Gasteiger partial charge is 0.384 e. The first-order chi connectivity index (χ1) is 7.18. The van der Waals surface area contributed by atoms with Crippen molar-refractivity contribution in [3.8, 4) is 0 Å². The second-order valence-electron chi connectivity index (χ2n) is 4.51. The van der Waals surface area contributed by atoms with Crippen LogP contribution in [0.15, 0.2) is 18.3 Å². The lowest BCUT2D eigenvalue weighted by Gasteiger charge is -2.28. The first kappa shape index (κ1) is 10.4. The summed E-state index contributed by atoms with van der Waals surface area (Å²) in [6, 6.07) is 5.15. The van der Waals surface area contributed by atoms with Crippen LogP contribution in [0.4, 0.5) is 5.82 Å². The van der Waals surface area contributed by atoms with Crippen LogP contribution >= 0.6 is 0 Å². The second kappa shape index (κ2) is 4.19. The number of nitrogens with zero attached hydrogens (tertiary/aromatic N) is 2. The van der Waals surface area contributed by atoms with E-state index in [1.165, 1.54) is 24.9 Å². The molecule has 15 heavy (non-hydrogen) atoms. The number of anilines is 1. The molecular weight excluding hydrogens is 186 g/mol. The fraction of sp³-hybridized carbons (Fsp3) is 0.583. The molecule has 2 N–H and O–H groups in total. The molecule has 2 heterocycles. The van der Waals surface area contributed by atoms with Crippen LogP contribution in [0.5, 0.6) is 0 Å². The summed E-state index contributed by atoms with van der Waals surface area (Å²) < 4.78 is 0. The number of aromatic nitrogens is 1. The molecule has 1 aromatic rings. The van der Waals surface area contributed by atoms with Gasteiger partial charge in [-0.2, -0.15) is 0 Å². The molecule has 2 rings (SSSR count). The van der Waals surface area contributed by atoms with Gasteiger partial charge in [-0.1, -0.05) is 6.07 Å². The van der Waals surface area contributed by atoms with Gasteiger partial charge in [0.25, 0.3) is 0 Å². The second-order valence-corrected chi connectivity index (χ2v) is 4.51. The topological polar surface area (TPSA) is 42.1 Å². The van der Waals surface area contributed by atoms with Gasteiger partial charge in [0.15, 0.2) is 0 Å². The lowest BCUT2D eigenvalue weighted by atomic mass is 10.1. The highest BCUT2D eigenvalue weighted by molar-refractivity contribution is 5.30. The third-order valence-corrected chi connectivity index (χ3v) is 3.15. The number of hydrogen-bond donors (Lipinski definition) is 1. The van der Waals surface area contributed by atoms with Crippen molar-refractivity contribution < 1.29 is 0 Å². The van der Waals surface area contributed by atoms with Gasteiger partial charge in [-0.3, -0.25) is 4.90 Å². The Hall–Kier alpha value is -1.09. The maximum absolute atomic E-state index is 5.60. The molecule has 3 heteroatoms. The van der Waals surface area contributed by atoms with Crippen molar-refractivity contribution in [2.45, 2.75) is 38.8 Å². The summed E-state index contributed by atoms with van der Waals surface area (Å²) >= 11 is 0.